The van der Waals surface area contributed by atoms with E-state index < -0.39 is 0 Å². The first-order valence-corrected chi connectivity index (χ1v) is 6.71. The van der Waals surface area contributed by atoms with Crippen molar-refractivity contribution in [3.63, 3.8) is 0 Å². The second kappa shape index (κ2) is 6.48. The van der Waals surface area contributed by atoms with Crippen LogP contribution < -0.4 is 11.1 Å². The summed E-state index contributed by atoms with van der Waals surface area (Å²) in [5.41, 5.74) is 6.98. The number of nitrogens with one attached hydrogen (secondary N) is 1. The molecule has 0 saturated carbocycles. The van der Waals surface area contributed by atoms with E-state index in [0.717, 1.165) is 45.1 Å². The molecule has 0 bridgehead atoms. The first-order valence-electron chi connectivity index (χ1n) is 5.95. The highest BCUT2D eigenvalue weighted by Crippen LogP contribution is 2.32. The van der Waals surface area contributed by atoms with Crippen LogP contribution in [0.15, 0.2) is 12.1 Å². The van der Waals surface area contributed by atoms with E-state index in [2.05, 4.69) is 10.2 Å². The molecule has 0 aliphatic carbocycles. The molecule has 0 aromatic heterocycles. The Balaban J connectivity index is 1.86. The molecule has 1 saturated heterocycles. The highest BCUT2D eigenvalue weighted by molar-refractivity contribution is 6.39. The predicted molar refractivity (Wildman–Crippen MR) is 76.6 cm³/mol. The largest absolute Gasteiger partial charge is 0.399 e. The Kier molecular flexibility index (Phi) is 4.95. The maximum Gasteiger partial charge on any atom is 0.0720 e. The number of benzene rings is 1. The van der Waals surface area contributed by atoms with Gasteiger partial charge in [-0.1, -0.05) is 23.2 Å². The van der Waals surface area contributed by atoms with E-state index in [9.17, 15) is 0 Å². The highest BCUT2D eigenvalue weighted by atomic mass is 35.5. The predicted octanol–water partition coefficient (Wildman–Crippen LogP) is 2.32. The van der Waals surface area contributed by atoms with E-state index in [0.29, 0.717) is 15.7 Å². The van der Waals surface area contributed by atoms with Gasteiger partial charge in [-0.3, -0.25) is 4.90 Å². The topological polar surface area (TPSA) is 50.5 Å². The smallest absolute Gasteiger partial charge is 0.0720 e. The molecule has 2 rings (SSSR count). The zero-order chi connectivity index (χ0) is 13.0. The van der Waals surface area contributed by atoms with Crippen molar-refractivity contribution in [2.45, 2.75) is 0 Å². The summed E-state index contributed by atoms with van der Waals surface area (Å²) < 4.78 is 5.30. The first kappa shape index (κ1) is 13.7. The lowest BCUT2D eigenvalue weighted by Crippen LogP contribution is -2.39. The van der Waals surface area contributed by atoms with Crippen LogP contribution in [0.1, 0.15) is 0 Å². The SMILES string of the molecule is Nc1cc(Cl)c(NCCN2CCOCC2)c(Cl)c1. The number of rotatable bonds is 4. The summed E-state index contributed by atoms with van der Waals surface area (Å²) >= 11 is 12.2. The molecule has 0 radical (unpaired) electrons. The van der Waals surface area contributed by atoms with Crippen molar-refractivity contribution in [3.05, 3.63) is 22.2 Å². The molecular formula is C12H17Cl2N3O. The minimum absolute atomic E-state index is 0.557. The summed E-state index contributed by atoms with van der Waals surface area (Å²) in [6.07, 6.45) is 0. The normalized spacial score (nSPS) is 16.8. The van der Waals surface area contributed by atoms with E-state index in [1.54, 1.807) is 12.1 Å². The Morgan fingerprint density at radius 1 is 1.22 bits per heavy atom. The fraction of sp³-hybridized carbons (Fsp3) is 0.500. The Morgan fingerprint density at radius 3 is 2.44 bits per heavy atom. The lowest BCUT2D eigenvalue weighted by Gasteiger charge is -2.26. The average Bonchev–Trinajstić information content (AvgIpc) is 2.34. The summed E-state index contributed by atoms with van der Waals surface area (Å²) in [7, 11) is 0. The minimum Gasteiger partial charge on any atom is -0.399 e. The van der Waals surface area contributed by atoms with Gasteiger partial charge in [0, 0.05) is 31.9 Å². The Labute approximate surface area is 117 Å². The third kappa shape index (κ3) is 3.65. The van der Waals surface area contributed by atoms with Gasteiger partial charge in [0.15, 0.2) is 0 Å². The van der Waals surface area contributed by atoms with Crippen LogP contribution in [-0.4, -0.2) is 44.3 Å². The molecule has 0 atom stereocenters. The molecule has 1 heterocycles. The van der Waals surface area contributed by atoms with Gasteiger partial charge in [-0.05, 0) is 12.1 Å². The number of nitrogens with two attached hydrogens (primary N) is 1. The maximum absolute atomic E-state index is 6.10. The summed E-state index contributed by atoms with van der Waals surface area (Å²) in [6, 6.07) is 3.40. The number of nitrogens with zero attached hydrogens (tertiary/aromatic N) is 1. The molecule has 1 aromatic rings. The molecule has 0 amide bonds. The number of hydrogen-bond donors (Lipinski definition) is 2. The number of ether oxygens (including phenoxy) is 1. The maximum atomic E-state index is 6.10. The van der Waals surface area contributed by atoms with Crippen molar-refractivity contribution in [2.75, 3.05) is 50.4 Å². The molecule has 0 unspecified atom stereocenters. The average molecular weight is 290 g/mol. The third-order valence-electron chi connectivity index (χ3n) is 2.90. The number of hydrogen-bond acceptors (Lipinski definition) is 4. The zero-order valence-corrected chi connectivity index (χ0v) is 11.6. The number of nitrogen functional groups attached to an aromatic ring is 1. The number of anilines is 2. The molecular weight excluding hydrogens is 273 g/mol. The molecule has 0 spiro atoms. The molecule has 18 heavy (non-hydrogen) atoms. The molecule has 100 valence electrons. The van der Waals surface area contributed by atoms with Crippen LogP contribution in [0.5, 0.6) is 0 Å². The van der Waals surface area contributed by atoms with Gasteiger partial charge in [-0.2, -0.15) is 0 Å². The van der Waals surface area contributed by atoms with Gasteiger partial charge in [0.2, 0.25) is 0 Å². The lowest BCUT2D eigenvalue weighted by atomic mass is 10.2. The van der Waals surface area contributed by atoms with Gasteiger partial charge in [0.25, 0.3) is 0 Å². The van der Waals surface area contributed by atoms with E-state index in [-0.39, 0.29) is 0 Å². The van der Waals surface area contributed by atoms with Crippen molar-refractivity contribution < 1.29 is 4.74 Å². The van der Waals surface area contributed by atoms with Gasteiger partial charge in [0.05, 0.1) is 28.9 Å². The Morgan fingerprint density at radius 2 is 1.83 bits per heavy atom. The second-order valence-electron chi connectivity index (χ2n) is 4.24. The quantitative estimate of drug-likeness (QED) is 0.836. The Bertz CT molecular complexity index is 385. The second-order valence-corrected chi connectivity index (χ2v) is 5.05. The number of halogens is 2. The molecule has 6 heteroatoms. The monoisotopic (exact) mass is 289 g/mol. The third-order valence-corrected chi connectivity index (χ3v) is 3.49. The van der Waals surface area contributed by atoms with Gasteiger partial charge >= 0.3 is 0 Å². The van der Waals surface area contributed by atoms with E-state index >= 15 is 0 Å². The molecule has 1 aliphatic rings. The van der Waals surface area contributed by atoms with Crippen LogP contribution in [0.3, 0.4) is 0 Å². The van der Waals surface area contributed by atoms with Gasteiger partial charge in [-0.25, -0.2) is 0 Å². The molecule has 1 fully saturated rings. The van der Waals surface area contributed by atoms with Crippen molar-refractivity contribution in [1.29, 1.82) is 0 Å². The summed E-state index contributed by atoms with van der Waals surface area (Å²) in [5.74, 6) is 0. The van der Waals surface area contributed by atoms with Crippen LogP contribution in [0, 0.1) is 0 Å². The van der Waals surface area contributed by atoms with Gasteiger partial charge in [-0.15, -0.1) is 0 Å². The van der Waals surface area contributed by atoms with Crippen molar-refractivity contribution in [3.8, 4) is 0 Å². The van der Waals surface area contributed by atoms with Gasteiger partial charge in [0.1, 0.15) is 0 Å². The minimum atomic E-state index is 0.557. The van der Waals surface area contributed by atoms with Crippen LogP contribution >= 0.6 is 23.2 Å². The van der Waals surface area contributed by atoms with E-state index in [1.165, 1.54) is 0 Å². The van der Waals surface area contributed by atoms with Crippen molar-refractivity contribution in [2.24, 2.45) is 0 Å². The first-order chi connectivity index (χ1) is 8.66. The summed E-state index contributed by atoms with van der Waals surface area (Å²) in [5, 5.41) is 4.37. The standard InChI is InChI=1S/C12H17Cl2N3O/c13-10-7-9(15)8-11(14)12(10)16-1-2-17-3-5-18-6-4-17/h7-8,16H,1-6,15H2. The number of morpholine rings is 1. The van der Waals surface area contributed by atoms with Crippen molar-refractivity contribution >= 4 is 34.6 Å². The Hall–Kier alpha value is -0.680. The molecule has 1 aliphatic heterocycles. The molecule has 4 nitrogen and oxygen atoms in total. The van der Waals surface area contributed by atoms with E-state index in [4.69, 9.17) is 33.7 Å². The van der Waals surface area contributed by atoms with Gasteiger partial charge < -0.3 is 15.8 Å². The van der Waals surface area contributed by atoms with E-state index in [1.807, 2.05) is 0 Å². The van der Waals surface area contributed by atoms with Crippen LogP contribution in [-0.2, 0) is 4.74 Å². The van der Waals surface area contributed by atoms with Crippen molar-refractivity contribution in [1.82, 2.24) is 4.90 Å². The summed E-state index contributed by atoms with van der Waals surface area (Å²) in [6.45, 7) is 5.31. The molecule has 3 N–H and O–H groups in total. The zero-order valence-electron chi connectivity index (χ0n) is 10.1. The molecule has 1 aromatic carbocycles. The fourth-order valence-corrected chi connectivity index (χ4v) is 2.56. The fourth-order valence-electron chi connectivity index (χ4n) is 1.93. The summed E-state index contributed by atoms with van der Waals surface area (Å²) in [4.78, 5) is 2.34. The lowest BCUT2D eigenvalue weighted by molar-refractivity contribution is 0.0398. The van der Waals surface area contributed by atoms with Crippen LogP contribution in [0.25, 0.3) is 0 Å². The highest BCUT2D eigenvalue weighted by Gasteiger charge is 2.11. The van der Waals surface area contributed by atoms with Crippen LogP contribution in [0.2, 0.25) is 10.0 Å². The van der Waals surface area contributed by atoms with Crippen LogP contribution in [0.4, 0.5) is 11.4 Å².